The molecule has 0 radical (unpaired) electrons. The minimum absolute atomic E-state index is 0.00761. The van der Waals surface area contributed by atoms with Gasteiger partial charge in [0.05, 0.1) is 18.3 Å². The third-order valence-corrected chi connectivity index (χ3v) is 7.07. The summed E-state index contributed by atoms with van der Waals surface area (Å²) < 4.78 is 42.0. The third-order valence-electron chi connectivity index (χ3n) is 4.12. The Morgan fingerprint density at radius 3 is 2.66 bits per heavy atom. The van der Waals surface area contributed by atoms with Gasteiger partial charge in [0.2, 0.25) is 0 Å². The van der Waals surface area contributed by atoms with Crippen LogP contribution in [0.1, 0.15) is 17.3 Å². The average Bonchev–Trinajstić information content (AvgIpc) is 3.35. The molecule has 2 aromatic carbocycles. The van der Waals surface area contributed by atoms with Gasteiger partial charge in [-0.05, 0) is 24.6 Å². The minimum Gasteiger partial charge on any atom is -0.462 e. The number of nitrogens with zero attached hydrogens (tertiary/aromatic N) is 2. The van der Waals surface area contributed by atoms with Crippen LogP contribution in [0.15, 0.2) is 58.8 Å². The summed E-state index contributed by atoms with van der Waals surface area (Å²) in [7, 11) is -3.99. The summed E-state index contributed by atoms with van der Waals surface area (Å²) in [5.74, 6) is -0.584. The number of nitrogens with one attached hydrogen (secondary N) is 1. The second kappa shape index (κ2) is 7.90. The van der Waals surface area contributed by atoms with Gasteiger partial charge in [-0.25, -0.2) is 13.2 Å². The number of aromatic nitrogens is 2. The summed E-state index contributed by atoms with van der Waals surface area (Å²) in [5, 5.41) is 1.94. The van der Waals surface area contributed by atoms with Gasteiger partial charge < -0.3 is 4.74 Å². The fourth-order valence-corrected chi connectivity index (χ4v) is 5.89. The molecule has 0 aliphatic heterocycles. The second-order valence-corrected chi connectivity index (χ2v) is 8.99. The maximum Gasteiger partial charge on any atom is 0.341 e. The molecule has 0 atom stereocenters. The van der Waals surface area contributed by atoms with Crippen LogP contribution < -0.4 is 4.72 Å². The zero-order valence-corrected chi connectivity index (χ0v) is 17.6. The van der Waals surface area contributed by atoms with Gasteiger partial charge in [-0.1, -0.05) is 36.4 Å². The molecule has 4 rings (SSSR count). The van der Waals surface area contributed by atoms with E-state index in [2.05, 4.69) is 13.5 Å². The van der Waals surface area contributed by atoms with Gasteiger partial charge in [-0.3, -0.25) is 4.72 Å². The molecule has 2 heterocycles. The highest BCUT2D eigenvalue weighted by atomic mass is 32.2. The van der Waals surface area contributed by atoms with Gasteiger partial charge in [0.25, 0.3) is 10.0 Å². The fraction of sp³-hybridized carbons (Fsp3) is 0.105. The van der Waals surface area contributed by atoms with E-state index in [1.165, 1.54) is 6.07 Å². The van der Waals surface area contributed by atoms with Crippen molar-refractivity contribution < 1.29 is 17.9 Å². The van der Waals surface area contributed by atoms with Crippen molar-refractivity contribution in [3.8, 4) is 11.1 Å². The quantitative estimate of drug-likeness (QED) is 0.442. The molecule has 0 fully saturated rings. The first kappa shape index (κ1) is 19.5. The van der Waals surface area contributed by atoms with E-state index >= 15 is 0 Å². The number of carbonyl (C=O) groups is 1. The Kier molecular flexibility index (Phi) is 5.31. The standard InChI is InChI=1S/C19H15N3O4S3/c1-2-26-19(23)16-13(12-7-4-3-5-8-12)11-27-18(16)22-29(24,25)15-10-6-9-14-17(15)21-28-20-14/h3-11,22H,2H2,1H3. The van der Waals surface area contributed by atoms with Crippen molar-refractivity contribution in [2.75, 3.05) is 11.3 Å². The Morgan fingerprint density at radius 2 is 1.90 bits per heavy atom. The van der Waals surface area contributed by atoms with E-state index in [1.807, 2.05) is 30.3 Å². The van der Waals surface area contributed by atoms with E-state index in [0.717, 1.165) is 28.6 Å². The highest BCUT2D eigenvalue weighted by molar-refractivity contribution is 7.93. The van der Waals surface area contributed by atoms with Crippen LogP contribution in [0.3, 0.4) is 0 Å². The molecule has 0 unspecified atom stereocenters. The van der Waals surface area contributed by atoms with Crippen molar-refractivity contribution in [3.05, 3.63) is 59.5 Å². The van der Waals surface area contributed by atoms with Crippen LogP contribution in [0.5, 0.6) is 0 Å². The first-order valence-corrected chi connectivity index (χ1v) is 11.7. The van der Waals surface area contributed by atoms with Crippen LogP contribution in [0.25, 0.3) is 22.2 Å². The van der Waals surface area contributed by atoms with Gasteiger partial charge in [-0.15, -0.1) is 11.3 Å². The lowest BCUT2D eigenvalue weighted by Gasteiger charge is -2.10. The Labute approximate surface area is 175 Å². The monoisotopic (exact) mass is 445 g/mol. The van der Waals surface area contributed by atoms with Gasteiger partial charge >= 0.3 is 5.97 Å². The zero-order chi connectivity index (χ0) is 20.4. The molecule has 4 aromatic rings. The van der Waals surface area contributed by atoms with Crippen molar-refractivity contribution in [1.29, 1.82) is 0 Å². The Bertz CT molecular complexity index is 1280. The number of esters is 1. The van der Waals surface area contributed by atoms with Crippen LogP contribution >= 0.6 is 23.1 Å². The number of anilines is 1. The summed E-state index contributed by atoms with van der Waals surface area (Å²) in [5.41, 5.74) is 2.39. The minimum atomic E-state index is -3.99. The van der Waals surface area contributed by atoms with E-state index in [-0.39, 0.29) is 22.1 Å². The lowest BCUT2D eigenvalue weighted by Crippen LogP contribution is -2.16. The number of sulfonamides is 1. The molecular formula is C19H15N3O4S3. The van der Waals surface area contributed by atoms with Crippen LogP contribution in [-0.2, 0) is 14.8 Å². The zero-order valence-electron chi connectivity index (χ0n) is 15.2. The van der Waals surface area contributed by atoms with Gasteiger partial charge in [0.1, 0.15) is 26.5 Å². The van der Waals surface area contributed by atoms with Gasteiger partial charge in [0.15, 0.2) is 0 Å². The summed E-state index contributed by atoms with van der Waals surface area (Å²) in [6.45, 7) is 1.88. The van der Waals surface area contributed by atoms with E-state index in [1.54, 1.807) is 24.4 Å². The summed E-state index contributed by atoms with van der Waals surface area (Å²) in [6, 6.07) is 14.0. The number of hydrogen-bond donors (Lipinski definition) is 1. The number of fused-ring (bicyclic) bond motifs is 1. The maximum absolute atomic E-state index is 13.1. The summed E-state index contributed by atoms with van der Waals surface area (Å²) in [4.78, 5) is 12.7. The molecule has 0 aliphatic carbocycles. The maximum atomic E-state index is 13.1. The smallest absolute Gasteiger partial charge is 0.341 e. The highest BCUT2D eigenvalue weighted by Gasteiger charge is 2.26. The molecule has 0 amide bonds. The van der Waals surface area contributed by atoms with Crippen molar-refractivity contribution in [2.24, 2.45) is 0 Å². The molecular weight excluding hydrogens is 430 g/mol. The van der Waals surface area contributed by atoms with Gasteiger partial charge in [0, 0.05) is 10.9 Å². The first-order valence-electron chi connectivity index (χ1n) is 8.59. The Morgan fingerprint density at radius 1 is 1.10 bits per heavy atom. The topological polar surface area (TPSA) is 98.2 Å². The molecule has 29 heavy (non-hydrogen) atoms. The van der Waals surface area contributed by atoms with Crippen LogP contribution in [-0.4, -0.2) is 29.7 Å². The van der Waals surface area contributed by atoms with Crippen LogP contribution in [0.4, 0.5) is 5.00 Å². The second-order valence-electron chi connectivity index (χ2n) is 5.93. The number of hydrogen-bond acceptors (Lipinski definition) is 8. The largest absolute Gasteiger partial charge is 0.462 e. The molecule has 7 nitrogen and oxygen atoms in total. The molecule has 148 valence electrons. The molecule has 1 N–H and O–H groups in total. The number of rotatable bonds is 6. The predicted octanol–water partition coefficient (Wildman–Crippen LogP) is 4.40. The van der Waals surface area contributed by atoms with Gasteiger partial charge in [-0.2, -0.15) is 8.75 Å². The SMILES string of the molecule is CCOC(=O)c1c(-c2ccccc2)csc1NS(=O)(=O)c1cccc2nsnc12. The Balaban J connectivity index is 1.80. The first-order chi connectivity index (χ1) is 14.0. The highest BCUT2D eigenvalue weighted by Crippen LogP contribution is 2.37. The third kappa shape index (κ3) is 3.74. The van der Waals surface area contributed by atoms with Crippen LogP contribution in [0, 0.1) is 0 Å². The van der Waals surface area contributed by atoms with Crippen molar-refractivity contribution in [2.45, 2.75) is 11.8 Å². The fourth-order valence-electron chi connectivity index (χ4n) is 2.84. The normalized spacial score (nSPS) is 11.5. The number of carbonyl (C=O) groups excluding carboxylic acids is 1. The Hall–Kier alpha value is -2.82. The summed E-state index contributed by atoms with van der Waals surface area (Å²) in [6.07, 6.45) is 0. The van der Waals surface area contributed by atoms with Crippen LogP contribution in [0.2, 0.25) is 0 Å². The molecule has 10 heteroatoms. The molecule has 0 saturated heterocycles. The van der Waals surface area contributed by atoms with Crippen molar-refractivity contribution >= 4 is 55.1 Å². The van der Waals surface area contributed by atoms with E-state index in [4.69, 9.17) is 4.74 Å². The lowest BCUT2D eigenvalue weighted by atomic mass is 10.0. The number of thiophene rings is 1. The predicted molar refractivity (Wildman–Crippen MR) is 114 cm³/mol. The van der Waals surface area contributed by atoms with E-state index in [9.17, 15) is 13.2 Å². The summed E-state index contributed by atoms with van der Waals surface area (Å²) >= 11 is 2.07. The number of benzene rings is 2. The average molecular weight is 446 g/mol. The van der Waals surface area contributed by atoms with Crippen molar-refractivity contribution in [1.82, 2.24) is 8.75 Å². The van der Waals surface area contributed by atoms with Crippen molar-refractivity contribution in [3.63, 3.8) is 0 Å². The lowest BCUT2D eigenvalue weighted by molar-refractivity contribution is 0.0529. The molecule has 0 bridgehead atoms. The van der Waals surface area contributed by atoms with E-state index < -0.39 is 16.0 Å². The van der Waals surface area contributed by atoms with E-state index in [0.29, 0.717) is 16.6 Å². The molecule has 0 aliphatic rings. The number of ether oxygens (including phenoxy) is 1. The molecule has 0 spiro atoms. The molecule has 2 aromatic heterocycles. The molecule has 0 saturated carbocycles.